The van der Waals surface area contributed by atoms with Crippen molar-refractivity contribution in [3.05, 3.63) is 35.6 Å². The van der Waals surface area contributed by atoms with Crippen LogP contribution >= 0.6 is 0 Å². The molecule has 26 heavy (non-hydrogen) atoms. The second-order valence-electron chi connectivity index (χ2n) is 8.02. The number of aliphatic carboxylic acids is 1. The van der Waals surface area contributed by atoms with Gasteiger partial charge in [0.05, 0.1) is 11.5 Å². The van der Waals surface area contributed by atoms with E-state index in [1.165, 1.54) is 12.1 Å². The number of carboxylic acids is 1. The second-order valence-corrected chi connectivity index (χ2v) is 8.02. The number of hydrogen-bond donors (Lipinski definition) is 1. The van der Waals surface area contributed by atoms with E-state index in [1.807, 2.05) is 0 Å². The fraction of sp³-hybridized carbons (Fsp3) is 0.600. The van der Waals surface area contributed by atoms with Crippen LogP contribution in [0, 0.1) is 17.2 Å². The van der Waals surface area contributed by atoms with Crippen molar-refractivity contribution < 1.29 is 19.1 Å². The third kappa shape index (κ3) is 2.90. The molecule has 1 amide bonds. The van der Waals surface area contributed by atoms with Gasteiger partial charge in [0.2, 0.25) is 5.91 Å². The summed E-state index contributed by atoms with van der Waals surface area (Å²) in [6.45, 7) is 2.39. The van der Waals surface area contributed by atoms with Crippen molar-refractivity contribution in [1.82, 2.24) is 9.80 Å². The summed E-state index contributed by atoms with van der Waals surface area (Å²) in [5.74, 6) is -0.842. The van der Waals surface area contributed by atoms with Crippen molar-refractivity contribution in [2.24, 2.45) is 11.3 Å². The fourth-order valence-corrected chi connectivity index (χ4v) is 5.14. The molecule has 0 bridgehead atoms. The first-order valence-electron chi connectivity index (χ1n) is 9.50. The molecule has 0 spiro atoms. The largest absolute Gasteiger partial charge is 0.481 e. The van der Waals surface area contributed by atoms with Crippen LogP contribution in [0.4, 0.5) is 4.39 Å². The van der Waals surface area contributed by atoms with E-state index in [9.17, 15) is 19.1 Å². The van der Waals surface area contributed by atoms with Gasteiger partial charge in [-0.3, -0.25) is 14.5 Å². The SMILES string of the molecule is O=C(C1CCCN1Cc1ccc(F)cc1)N1C[C@@H]2CCC[C@@]2(C(=O)O)C1. The Balaban J connectivity index is 1.46. The van der Waals surface area contributed by atoms with E-state index in [0.29, 0.717) is 26.1 Å². The molecule has 140 valence electrons. The van der Waals surface area contributed by atoms with Gasteiger partial charge in [-0.15, -0.1) is 0 Å². The lowest BCUT2D eigenvalue weighted by Crippen LogP contribution is -2.46. The summed E-state index contributed by atoms with van der Waals surface area (Å²) < 4.78 is 13.1. The zero-order chi connectivity index (χ0) is 18.3. The van der Waals surface area contributed by atoms with E-state index in [2.05, 4.69) is 4.90 Å². The summed E-state index contributed by atoms with van der Waals surface area (Å²) in [5.41, 5.74) is 0.266. The Morgan fingerprint density at radius 3 is 2.65 bits per heavy atom. The summed E-state index contributed by atoms with van der Waals surface area (Å²) in [4.78, 5) is 28.9. The number of benzene rings is 1. The number of hydrogen-bond acceptors (Lipinski definition) is 3. The molecule has 1 aliphatic carbocycles. The van der Waals surface area contributed by atoms with Gasteiger partial charge in [-0.05, 0) is 55.8 Å². The van der Waals surface area contributed by atoms with Gasteiger partial charge in [0.1, 0.15) is 5.82 Å². The minimum atomic E-state index is -0.745. The Kier molecular flexibility index (Phi) is 4.47. The normalized spacial score (nSPS) is 31.3. The fourth-order valence-electron chi connectivity index (χ4n) is 5.14. The molecule has 2 heterocycles. The molecule has 3 aliphatic rings. The number of fused-ring (bicyclic) bond motifs is 1. The molecule has 3 fully saturated rings. The van der Waals surface area contributed by atoms with Gasteiger partial charge in [0.25, 0.3) is 0 Å². The average molecular weight is 360 g/mol. The summed E-state index contributed by atoms with van der Waals surface area (Å²) >= 11 is 0. The lowest BCUT2D eigenvalue weighted by molar-refractivity contribution is -0.149. The number of nitrogens with zero attached hydrogens (tertiary/aromatic N) is 2. The minimum Gasteiger partial charge on any atom is -0.481 e. The lowest BCUT2D eigenvalue weighted by Gasteiger charge is -2.29. The zero-order valence-corrected chi connectivity index (χ0v) is 14.9. The maximum Gasteiger partial charge on any atom is 0.311 e. The highest BCUT2D eigenvalue weighted by molar-refractivity contribution is 5.85. The number of halogens is 1. The zero-order valence-electron chi connectivity index (χ0n) is 14.9. The highest BCUT2D eigenvalue weighted by Crippen LogP contribution is 2.49. The number of carbonyl (C=O) groups is 2. The molecule has 1 unspecified atom stereocenters. The van der Waals surface area contributed by atoms with Gasteiger partial charge in [-0.1, -0.05) is 18.6 Å². The van der Waals surface area contributed by atoms with Crippen molar-refractivity contribution in [3.8, 4) is 0 Å². The first kappa shape index (κ1) is 17.5. The number of carbonyl (C=O) groups excluding carboxylic acids is 1. The van der Waals surface area contributed by atoms with Gasteiger partial charge < -0.3 is 10.0 Å². The molecule has 3 atom stereocenters. The third-order valence-electron chi connectivity index (χ3n) is 6.56. The van der Waals surface area contributed by atoms with Gasteiger partial charge >= 0.3 is 5.97 Å². The van der Waals surface area contributed by atoms with E-state index < -0.39 is 11.4 Å². The topological polar surface area (TPSA) is 60.9 Å². The van der Waals surface area contributed by atoms with Crippen LogP contribution in [0.5, 0.6) is 0 Å². The predicted octanol–water partition coefficient (Wildman–Crippen LogP) is 2.50. The second kappa shape index (κ2) is 6.65. The smallest absolute Gasteiger partial charge is 0.311 e. The molecule has 0 aromatic heterocycles. The molecule has 1 saturated carbocycles. The quantitative estimate of drug-likeness (QED) is 0.896. The van der Waals surface area contributed by atoms with Crippen LogP contribution in [0.3, 0.4) is 0 Å². The Morgan fingerprint density at radius 2 is 1.96 bits per heavy atom. The molecule has 5 nitrogen and oxygen atoms in total. The first-order valence-corrected chi connectivity index (χ1v) is 9.50. The molecule has 1 aromatic rings. The minimum absolute atomic E-state index is 0.0691. The Hall–Kier alpha value is -1.95. The van der Waals surface area contributed by atoms with E-state index in [-0.39, 0.29) is 23.7 Å². The van der Waals surface area contributed by atoms with Crippen LogP contribution in [0.15, 0.2) is 24.3 Å². The summed E-state index contributed by atoms with van der Waals surface area (Å²) in [7, 11) is 0. The van der Waals surface area contributed by atoms with Gasteiger partial charge in [-0.2, -0.15) is 0 Å². The first-order chi connectivity index (χ1) is 12.5. The number of carboxylic acid groups (broad SMARTS) is 1. The van der Waals surface area contributed by atoms with Crippen LogP contribution in [0.25, 0.3) is 0 Å². The highest BCUT2D eigenvalue weighted by atomic mass is 19.1. The number of likely N-dealkylation sites (tertiary alicyclic amines) is 2. The maximum atomic E-state index is 13.1. The molecule has 0 radical (unpaired) electrons. The van der Waals surface area contributed by atoms with Crippen molar-refractivity contribution in [1.29, 1.82) is 0 Å². The Morgan fingerprint density at radius 1 is 1.19 bits per heavy atom. The molecule has 6 heteroatoms. The molecule has 1 aromatic carbocycles. The molecular weight excluding hydrogens is 335 g/mol. The number of rotatable bonds is 4. The average Bonchev–Trinajstić information content (AvgIpc) is 3.30. The molecule has 2 saturated heterocycles. The van der Waals surface area contributed by atoms with Crippen LogP contribution < -0.4 is 0 Å². The van der Waals surface area contributed by atoms with Crippen LogP contribution in [0.2, 0.25) is 0 Å². The Bertz CT molecular complexity index is 708. The van der Waals surface area contributed by atoms with Crippen molar-refractivity contribution in [2.45, 2.75) is 44.7 Å². The lowest BCUT2D eigenvalue weighted by atomic mass is 9.81. The number of amides is 1. The van der Waals surface area contributed by atoms with Crippen LogP contribution in [-0.2, 0) is 16.1 Å². The summed E-state index contributed by atoms with van der Waals surface area (Å²) in [5, 5.41) is 9.73. The van der Waals surface area contributed by atoms with Crippen molar-refractivity contribution in [3.63, 3.8) is 0 Å². The molecule has 4 rings (SSSR count). The van der Waals surface area contributed by atoms with Crippen molar-refractivity contribution in [2.75, 3.05) is 19.6 Å². The van der Waals surface area contributed by atoms with Gasteiger partial charge in [0.15, 0.2) is 0 Å². The standard InChI is InChI=1S/C20H25FN2O3/c21-16-7-5-14(6-8-16)11-22-10-2-4-17(22)18(24)23-12-15-3-1-9-20(15,13-23)19(25)26/h5-8,15,17H,1-4,9-13H2,(H,25,26)/t15-,17?,20+/m0/s1. The molecule has 2 aliphatic heterocycles. The van der Waals surface area contributed by atoms with E-state index >= 15 is 0 Å². The summed E-state index contributed by atoms with van der Waals surface area (Å²) in [6.07, 6.45) is 4.29. The third-order valence-corrected chi connectivity index (χ3v) is 6.56. The molecule has 1 N–H and O–H groups in total. The van der Waals surface area contributed by atoms with Crippen molar-refractivity contribution >= 4 is 11.9 Å². The van der Waals surface area contributed by atoms with E-state index in [4.69, 9.17) is 0 Å². The van der Waals surface area contributed by atoms with Crippen LogP contribution in [0.1, 0.15) is 37.7 Å². The predicted molar refractivity (Wildman–Crippen MR) is 93.8 cm³/mol. The van der Waals surface area contributed by atoms with Gasteiger partial charge in [0, 0.05) is 19.6 Å². The summed E-state index contributed by atoms with van der Waals surface area (Å²) in [6, 6.07) is 6.22. The van der Waals surface area contributed by atoms with E-state index in [0.717, 1.165) is 37.8 Å². The Labute approximate surface area is 152 Å². The maximum absolute atomic E-state index is 13.1. The van der Waals surface area contributed by atoms with Crippen LogP contribution in [-0.4, -0.2) is 52.5 Å². The monoisotopic (exact) mass is 360 g/mol. The van der Waals surface area contributed by atoms with Gasteiger partial charge in [-0.25, -0.2) is 4.39 Å². The molecular formula is C20H25FN2O3. The van der Waals surface area contributed by atoms with E-state index in [1.54, 1.807) is 17.0 Å². The highest BCUT2D eigenvalue weighted by Gasteiger charge is 2.56.